The van der Waals surface area contributed by atoms with Crippen LogP contribution in [-0.2, 0) is 6.42 Å². The Kier molecular flexibility index (Phi) is 4.87. The number of benzene rings is 1. The lowest BCUT2D eigenvalue weighted by Gasteiger charge is -2.05. The molecule has 2 rings (SSSR count). The van der Waals surface area contributed by atoms with E-state index in [0.717, 1.165) is 28.8 Å². The van der Waals surface area contributed by atoms with Crippen molar-refractivity contribution in [3.63, 3.8) is 0 Å². The van der Waals surface area contributed by atoms with Gasteiger partial charge >= 0.3 is 0 Å². The fourth-order valence-electron chi connectivity index (χ4n) is 1.77. The van der Waals surface area contributed by atoms with Crippen molar-refractivity contribution >= 4 is 11.8 Å². The third kappa shape index (κ3) is 3.75. The van der Waals surface area contributed by atoms with Crippen molar-refractivity contribution in [1.82, 2.24) is 15.0 Å². The molecule has 0 spiro atoms. The topological polar surface area (TPSA) is 64.7 Å². The molecule has 0 radical (unpaired) electrons. The monoisotopic (exact) mass is 274 g/mol. The lowest BCUT2D eigenvalue weighted by Crippen LogP contribution is -2.09. The number of rotatable bonds is 5. The first-order chi connectivity index (χ1) is 9.22. The molecule has 2 aromatic rings. The van der Waals surface area contributed by atoms with E-state index < -0.39 is 0 Å². The lowest BCUT2D eigenvalue weighted by atomic mass is 10.2. The summed E-state index contributed by atoms with van der Waals surface area (Å²) in [6.07, 6.45) is 0.681. The molecule has 0 aliphatic heterocycles. The SMILES string of the molecule is CCSc1ccc(-c2nc(C)nc(CCN)n2)cc1. The number of aromatic nitrogens is 3. The molecule has 0 fully saturated rings. The normalized spacial score (nSPS) is 10.7. The molecule has 2 N–H and O–H groups in total. The number of thioether (sulfide) groups is 1. The zero-order chi connectivity index (χ0) is 13.7. The highest BCUT2D eigenvalue weighted by molar-refractivity contribution is 7.99. The second-order valence-corrected chi connectivity index (χ2v) is 5.46. The average molecular weight is 274 g/mol. The number of hydrogen-bond acceptors (Lipinski definition) is 5. The van der Waals surface area contributed by atoms with Gasteiger partial charge < -0.3 is 5.73 Å². The third-order valence-electron chi connectivity index (χ3n) is 2.58. The van der Waals surface area contributed by atoms with Crippen molar-refractivity contribution in [3.8, 4) is 11.4 Å². The van der Waals surface area contributed by atoms with E-state index >= 15 is 0 Å². The van der Waals surface area contributed by atoms with Crippen molar-refractivity contribution in [3.05, 3.63) is 35.9 Å². The van der Waals surface area contributed by atoms with Crippen LogP contribution >= 0.6 is 11.8 Å². The van der Waals surface area contributed by atoms with Crippen molar-refractivity contribution in [2.75, 3.05) is 12.3 Å². The number of hydrogen-bond donors (Lipinski definition) is 1. The van der Waals surface area contributed by atoms with Crippen LogP contribution in [0.15, 0.2) is 29.2 Å². The molecule has 0 amide bonds. The number of nitrogens with two attached hydrogens (primary N) is 1. The van der Waals surface area contributed by atoms with Crippen molar-refractivity contribution in [2.24, 2.45) is 5.73 Å². The van der Waals surface area contributed by atoms with Gasteiger partial charge in [0.1, 0.15) is 11.6 Å². The summed E-state index contributed by atoms with van der Waals surface area (Å²) in [6.45, 7) is 4.58. The average Bonchev–Trinajstić information content (AvgIpc) is 2.40. The van der Waals surface area contributed by atoms with E-state index in [0.29, 0.717) is 13.0 Å². The van der Waals surface area contributed by atoms with E-state index in [9.17, 15) is 0 Å². The molecule has 1 aromatic heterocycles. The van der Waals surface area contributed by atoms with Gasteiger partial charge in [0.05, 0.1) is 0 Å². The predicted molar refractivity (Wildman–Crippen MR) is 79.2 cm³/mol. The molecular weight excluding hydrogens is 256 g/mol. The van der Waals surface area contributed by atoms with Gasteiger partial charge in [0.25, 0.3) is 0 Å². The van der Waals surface area contributed by atoms with E-state index in [1.165, 1.54) is 4.90 Å². The highest BCUT2D eigenvalue weighted by atomic mass is 32.2. The van der Waals surface area contributed by atoms with Gasteiger partial charge in [-0.2, -0.15) is 0 Å². The van der Waals surface area contributed by atoms with Crippen molar-refractivity contribution in [2.45, 2.75) is 25.2 Å². The van der Waals surface area contributed by atoms with Crippen molar-refractivity contribution < 1.29 is 0 Å². The Balaban J connectivity index is 2.29. The number of aryl methyl sites for hydroxylation is 1. The molecule has 4 nitrogen and oxygen atoms in total. The van der Waals surface area contributed by atoms with Gasteiger partial charge in [0.2, 0.25) is 0 Å². The van der Waals surface area contributed by atoms with Crippen molar-refractivity contribution in [1.29, 1.82) is 0 Å². The molecule has 0 atom stereocenters. The molecule has 0 saturated carbocycles. The largest absolute Gasteiger partial charge is 0.330 e. The van der Waals surface area contributed by atoms with Crippen LogP contribution in [0.5, 0.6) is 0 Å². The summed E-state index contributed by atoms with van der Waals surface area (Å²) in [5, 5.41) is 0. The molecular formula is C14H18N4S. The molecule has 19 heavy (non-hydrogen) atoms. The molecule has 0 aliphatic rings. The van der Waals surface area contributed by atoms with E-state index in [2.05, 4.69) is 46.1 Å². The van der Waals surface area contributed by atoms with E-state index in [-0.39, 0.29) is 0 Å². The minimum atomic E-state index is 0.551. The standard InChI is InChI=1S/C14H18N4S/c1-3-19-12-6-4-11(5-7-12)14-17-10(2)16-13(18-14)8-9-15/h4-7H,3,8-9,15H2,1-2H3. The Bertz CT molecular complexity index is 540. The van der Waals surface area contributed by atoms with Gasteiger partial charge in [0.15, 0.2) is 5.82 Å². The summed E-state index contributed by atoms with van der Waals surface area (Å²) in [4.78, 5) is 14.4. The zero-order valence-electron chi connectivity index (χ0n) is 11.3. The Labute approximate surface area is 117 Å². The Morgan fingerprint density at radius 3 is 2.47 bits per heavy atom. The fraction of sp³-hybridized carbons (Fsp3) is 0.357. The van der Waals surface area contributed by atoms with Gasteiger partial charge in [0, 0.05) is 16.9 Å². The first-order valence-electron chi connectivity index (χ1n) is 6.37. The predicted octanol–water partition coefficient (Wildman–Crippen LogP) is 2.46. The van der Waals surface area contributed by atoms with Crippen LogP contribution in [0.2, 0.25) is 0 Å². The second-order valence-electron chi connectivity index (χ2n) is 4.12. The van der Waals surface area contributed by atoms with Crippen LogP contribution < -0.4 is 5.73 Å². The zero-order valence-corrected chi connectivity index (χ0v) is 12.1. The molecule has 0 saturated heterocycles. The Morgan fingerprint density at radius 2 is 1.84 bits per heavy atom. The highest BCUT2D eigenvalue weighted by Crippen LogP contribution is 2.22. The lowest BCUT2D eigenvalue weighted by molar-refractivity contribution is 0.827. The van der Waals surface area contributed by atoms with Gasteiger partial charge in [-0.3, -0.25) is 0 Å². The molecule has 1 heterocycles. The third-order valence-corrected chi connectivity index (χ3v) is 3.48. The maximum absolute atomic E-state index is 5.55. The second kappa shape index (κ2) is 6.63. The van der Waals surface area contributed by atoms with Gasteiger partial charge in [-0.1, -0.05) is 19.1 Å². The molecule has 100 valence electrons. The minimum Gasteiger partial charge on any atom is -0.330 e. The van der Waals surface area contributed by atoms with Crippen LogP contribution in [0, 0.1) is 6.92 Å². The Hall–Kier alpha value is -1.46. The minimum absolute atomic E-state index is 0.551. The maximum Gasteiger partial charge on any atom is 0.163 e. The van der Waals surface area contributed by atoms with E-state index in [1.54, 1.807) is 0 Å². The van der Waals surface area contributed by atoms with Crippen LogP contribution in [0.4, 0.5) is 0 Å². The number of nitrogens with zero attached hydrogens (tertiary/aromatic N) is 3. The molecule has 1 aromatic carbocycles. The summed E-state index contributed by atoms with van der Waals surface area (Å²) in [5.74, 6) is 3.30. The van der Waals surface area contributed by atoms with Crippen LogP contribution in [0.25, 0.3) is 11.4 Å². The molecule has 0 unspecified atom stereocenters. The highest BCUT2D eigenvalue weighted by Gasteiger charge is 2.06. The molecule has 5 heteroatoms. The molecule has 0 aliphatic carbocycles. The summed E-state index contributed by atoms with van der Waals surface area (Å²) in [6, 6.07) is 8.31. The quantitative estimate of drug-likeness (QED) is 0.848. The summed E-state index contributed by atoms with van der Waals surface area (Å²) in [5.41, 5.74) is 6.57. The van der Waals surface area contributed by atoms with Crippen LogP contribution in [-0.4, -0.2) is 27.2 Å². The maximum atomic E-state index is 5.55. The smallest absolute Gasteiger partial charge is 0.163 e. The Morgan fingerprint density at radius 1 is 1.11 bits per heavy atom. The fourth-order valence-corrected chi connectivity index (χ4v) is 2.44. The first kappa shape index (κ1) is 14.0. The van der Waals surface area contributed by atoms with Gasteiger partial charge in [-0.25, -0.2) is 15.0 Å². The summed E-state index contributed by atoms with van der Waals surface area (Å²) >= 11 is 1.82. The summed E-state index contributed by atoms with van der Waals surface area (Å²) in [7, 11) is 0. The van der Waals surface area contributed by atoms with Crippen LogP contribution in [0.3, 0.4) is 0 Å². The van der Waals surface area contributed by atoms with Crippen LogP contribution in [0.1, 0.15) is 18.6 Å². The molecule has 0 bridgehead atoms. The van der Waals surface area contributed by atoms with E-state index in [4.69, 9.17) is 5.73 Å². The first-order valence-corrected chi connectivity index (χ1v) is 7.36. The van der Waals surface area contributed by atoms with E-state index in [1.807, 2.05) is 18.7 Å². The van der Waals surface area contributed by atoms with Gasteiger partial charge in [-0.05, 0) is 31.4 Å². The van der Waals surface area contributed by atoms with Gasteiger partial charge in [-0.15, -0.1) is 11.8 Å². The summed E-state index contributed by atoms with van der Waals surface area (Å²) < 4.78 is 0.